The van der Waals surface area contributed by atoms with Crippen molar-refractivity contribution in [3.8, 4) is 11.3 Å². The van der Waals surface area contributed by atoms with E-state index in [-0.39, 0.29) is 28.8 Å². The lowest BCUT2D eigenvalue weighted by atomic mass is 9.96. The van der Waals surface area contributed by atoms with Crippen LogP contribution in [0.2, 0.25) is 0 Å². The van der Waals surface area contributed by atoms with E-state index < -0.39 is 12.3 Å². The number of anilines is 1. The summed E-state index contributed by atoms with van der Waals surface area (Å²) >= 11 is 0. The first kappa shape index (κ1) is 21.2. The summed E-state index contributed by atoms with van der Waals surface area (Å²) in [6, 6.07) is 12.8. The Morgan fingerprint density at radius 2 is 1.88 bits per heavy atom. The average Bonchev–Trinajstić information content (AvgIpc) is 3.22. The van der Waals surface area contributed by atoms with Crippen LogP contribution in [0.3, 0.4) is 0 Å². The van der Waals surface area contributed by atoms with Crippen molar-refractivity contribution >= 4 is 17.2 Å². The average molecular weight is 450 g/mol. The molecule has 0 spiro atoms. The fraction of sp³-hybridized carbons (Fsp3) is 0.240. The number of rotatable bonds is 3. The van der Waals surface area contributed by atoms with Crippen LogP contribution < -0.4 is 4.90 Å². The second-order valence-electron chi connectivity index (χ2n) is 8.36. The van der Waals surface area contributed by atoms with Crippen molar-refractivity contribution < 1.29 is 18.0 Å². The number of halogens is 3. The third-order valence-corrected chi connectivity index (χ3v) is 6.09. The van der Waals surface area contributed by atoms with Crippen LogP contribution in [0, 0.1) is 12.7 Å². The summed E-state index contributed by atoms with van der Waals surface area (Å²) in [6.07, 6.45) is -0.218. The molecule has 0 aliphatic carbocycles. The highest BCUT2D eigenvalue weighted by Gasteiger charge is 2.32. The first-order chi connectivity index (χ1) is 15.8. The Hall–Kier alpha value is -3.68. The van der Waals surface area contributed by atoms with E-state index in [1.807, 2.05) is 26.0 Å². The van der Waals surface area contributed by atoms with Gasteiger partial charge in [-0.05, 0) is 56.5 Å². The number of hydrogen-bond donors (Lipinski definition) is 0. The highest BCUT2D eigenvalue weighted by Crippen LogP contribution is 2.34. The maximum atomic E-state index is 13.9. The number of fused-ring (bicyclic) bond motifs is 2. The zero-order chi connectivity index (χ0) is 23.3. The third-order valence-electron chi connectivity index (χ3n) is 6.09. The maximum absolute atomic E-state index is 13.9. The molecule has 168 valence electrons. The van der Waals surface area contributed by atoms with E-state index in [2.05, 4.69) is 10.1 Å². The van der Waals surface area contributed by atoms with Crippen molar-refractivity contribution in [2.45, 2.75) is 39.2 Å². The van der Waals surface area contributed by atoms with Crippen molar-refractivity contribution in [3.63, 3.8) is 0 Å². The van der Waals surface area contributed by atoms with Crippen molar-refractivity contribution in [2.75, 3.05) is 4.90 Å². The molecule has 0 unspecified atom stereocenters. The second kappa shape index (κ2) is 8.03. The maximum Gasteiger partial charge on any atom is 0.280 e. The summed E-state index contributed by atoms with van der Waals surface area (Å²) in [5.41, 5.74) is 3.22. The Bertz CT molecular complexity index is 1360. The van der Waals surface area contributed by atoms with Crippen LogP contribution in [0.15, 0.2) is 54.7 Å². The van der Waals surface area contributed by atoms with Crippen LogP contribution in [0.5, 0.6) is 0 Å². The Labute approximate surface area is 188 Å². The monoisotopic (exact) mass is 450 g/mol. The summed E-state index contributed by atoms with van der Waals surface area (Å²) in [5.74, 6) is -0.767. The topological polar surface area (TPSA) is 50.5 Å². The molecule has 1 aliphatic rings. The van der Waals surface area contributed by atoms with E-state index in [1.165, 1.54) is 24.4 Å². The SMILES string of the molecule is Cc1ccc(-c2cc(C(F)F)n3ncc(C(=O)N4c5ccc(F)cc5CC[C@H]4C)c3n2)cc1. The number of nitrogens with zero attached hydrogens (tertiary/aromatic N) is 4. The van der Waals surface area contributed by atoms with Crippen molar-refractivity contribution in [1.82, 2.24) is 14.6 Å². The van der Waals surface area contributed by atoms with Gasteiger partial charge in [0.25, 0.3) is 12.3 Å². The summed E-state index contributed by atoms with van der Waals surface area (Å²) in [4.78, 5) is 19.8. The molecule has 2 aromatic carbocycles. The molecule has 4 aromatic rings. The smallest absolute Gasteiger partial charge is 0.280 e. The number of aromatic nitrogens is 3. The van der Waals surface area contributed by atoms with E-state index in [4.69, 9.17) is 0 Å². The molecule has 0 saturated carbocycles. The van der Waals surface area contributed by atoms with E-state index in [0.717, 1.165) is 15.6 Å². The van der Waals surface area contributed by atoms with Gasteiger partial charge in [0.05, 0.1) is 11.9 Å². The Morgan fingerprint density at radius 1 is 1.12 bits per heavy atom. The van der Waals surface area contributed by atoms with Crippen molar-refractivity contribution in [2.24, 2.45) is 0 Å². The van der Waals surface area contributed by atoms with Gasteiger partial charge in [0.1, 0.15) is 17.1 Å². The lowest BCUT2D eigenvalue weighted by Gasteiger charge is -2.35. The lowest BCUT2D eigenvalue weighted by molar-refractivity contribution is 0.0976. The molecule has 0 radical (unpaired) electrons. The fourth-order valence-electron chi connectivity index (χ4n) is 4.32. The normalized spacial score (nSPS) is 15.8. The number of carbonyl (C=O) groups is 1. The van der Waals surface area contributed by atoms with Crippen LogP contribution in [0.25, 0.3) is 16.9 Å². The number of amides is 1. The van der Waals surface area contributed by atoms with E-state index in [1.54, 1.807) is 23.1 Å². The second-order valence-corrected chi connectivity index (χ2v) is 8.36. The number of alkyl halides is 2. The van der Waals surface area contributed by atoms with Gasteiger partial charge in [-0.3, -0.25) is 4.79 Å². The highest BCUT2D eigenvalue weighted by atomic mass is 19.3. The molecule has 0 fully saturated rings. The molecule has 3 heterocycles. The van der Waals surface area contributed by atoms with Gasteiger partial charge in [0, 0.05) is 17.3 Å². The third kappa shape index (κ3) is 3.65. The quantitative estimate of drug-likeness (QED) is 0.399. The zero-order valence-corrected chi connectivity index (χ0v) is 18.1. The van der Waals surface area contributed by atoms with Crippen molar-refractivity contribution in [1.29, 1.82) is 0 Å². The lowest BCUT2D eigenvalue weighted by Crippen LogP contribution is -2.42. The van der Waals surface area contributed by atoms with Crippen LogP contribution in [-0.4, -0.2) is 26.5 Å². The molecular formula is C25H21F3N4O. The van der Waals surface area contributed by atoms with Gasteiger partial charge in [-0.25, -0.2) is 22.7 Å². The number of hydrogen-bond acceptors (Lipinski definition) is 3. The van der Waals surface area contributed by atoms with Gasteiger partial charge in [-0.15, -0.1) is 0 Å². The largest absolute Gasteiger partial charge is 0.305 e. The first-order valence-electron chi connectivity index (χ1n) is 10.7. The molecule has 5 nitrogen and oxygen atoms in total. The molecule has 0 bridgehead atoms. The molecular weight excluding hydrogens is 429 g/mol. The molecule has 1 amide bonds. The standard InChI is InChI=1S/C25H21F3N4O/c1-14-3-6-16(7-4-14)20-12-22(23(27)28)32-24(30-20)19(13-29-32)25(33)31-15(2)5-8-17-11-18(26)9-10-21(17)31/h3-4,6-7,9-13,15,23H,5,8H2,1-2H3/t15-/m1/s1. The van der Waals surface area contributed by atoms with E-state index in [0.29, 0.717) is 29.8 Å². The van der Waals surface area contributed by atoms with Gasteiger partial charge < -0.3 is 4.90 Å². The van der Waals surface area contributed by atoms with Gasteiger partial charge in [0.15, 0.2) is 5.65 Å². The summed E-state index contributed by atoms with van der Waals surface area (Å²) in [7, 11) is 0. The van der Waals surface area contributed by atoms with Crippen LogP contribution in [0.1, 0.15) is 46.9 Å². The Balaban J connectivity index is 1.66. The van der Waals surface area contributed by atoms with Crippen LogP contribution in [0.4, 0.5) is 18.9 Å². The fourth-order valence-corrected chi connectivity index (χ4v) is 4.32. The molecule has 5 rings (SSSR count). The number of carbonyl (C=O) groups excluding carboxylic acids is 1. The summed E-state index contributed by atoms with van der Waals surface area (Å²) < 4.78 is 42.6. The predicted molar refractivity (Wildman–Crippen MR) is 119 cm³/mol. The zero-order valence-electron chi connectivity index (χ0n) is 18.1. The first-order valence-corrected chi connectivity index (χ1v) is 10.7. The Kier molecular flexibility index (Phi) is 5.15. The molecule has 33 heavy (non-hydrogen) atoms. The van der Waals surface area contributed by atoms with Gasteiger partial charge in [-0.1, -0.05) is 29.8 Å². The molecule has 2 aromatic heterocycles. The molecule has 1 aliphatic heterocycles. The van der Waals surface area contributed by atoms with E-state index in [9.17, 15) is 18.0 Å². The Morgan fingerprint density at radius 3 is 2.61 bits per heavy atom. The van der Waals surface area contributed by atoms with E-state index >= 15 is 0 Å². The highest BCUT2D eigenvalue weighted by molar-refractivity contribution is 6.10. The summed E-state index contributed by atoms with van der Waals surface area (Å²) in [6.45, 7) is 3.84. The van der Waals surface area contributed by atoms with Crippen molar-refractivity contribution in [3.05, 3.63) is 82.9 Å². The van der Waals surface area contributed by atoms with Gasteiger partial charge in [-0.2, -0.15) is 5.10 Å². The van der Waals surface area contributed by atoms with Crippen LogP contribution >= 0.6 is 0 Å². The summed E-state index contributed by atoms with van der Waals surface area (Å²) in [5, 5.41) is 4.07. The van der Waals surface area contributed by atoms with Crippen LogP contribution in [-0.2, 0) is 6.42 Å². The minimum absolute atomic E-state index is 0.0646. The van der Waals surface area contributed by atoms with Gasteiger partial charge in [0.2, 0.25) is 0 Å². The number of aryl methyl sites for hydroxylation is 2. The minimum Gasteiger partial charge on any atom is -0.305 e. The number of benzene rings is 2. The molecule has 1 atom stereocenters. The minimum atomic E-state index is -2.81. The van der Waals surface area contributed by atoms with Gasteiger partial charge >= 0.3 is 0 Å². The molecule has 0 N–H and O–H groups in total. The predicted octanol–water partition coefficient (Wildman–Crippen LogP) is 5.76. The molecule has 0 saturated heterocycles. The molecule has 8 heteroatoms.